The summed E-state index contributed by atoms with van der Waals surface area (Å²) >= 11 is 0. The lowest BCUT2D eigenvalue weighted by Crippen LogP contribution is -2.66. The maximum absolute atomic E-state index is 12.7. The first-order chi connectivity index (χ1) is 26.2. The lowest BCUT2D eigenvalue weighted by atomic mass is 9.96. The van der Waals surface area contributed by atoms with Crippen LogP contribution in [0.25, 0.3) is 6.08 Å². The molecule has 3 aliphatic rings. The number of phenolic OH excluding ortho intramolecular Hbond substituents is 3. The third-order valence-electron chi connectivity index (χ3n) is 9.22. The fourth-order valence-electron chi connectivity index (χ4n) is 6.06. The molecule has 306 valence electrons. The molecule has 2 aromatic rings. The highest BCUT2D eigenvalue weighted by Gasteiger charge is 2.54. The van der Waals surface area contributed by atoms with E-state index in [0.717, 1.165) is 6.08 Å². The first-order valence-corrected chi connectivity index (χ1v) is 17.2. The van der Waals surface area contributed by atoms with E-state index in [1.54, 1.807) is 6.07 Å². The molecule has 0 bridgehead atoms. The molecule has 3 heterocycles. The quantitative estimate of drug-likeness (QED) is 0.0508. The number of esters is 1. The average molecular weight is 787 g/mol. The van der Waals surface area contributed by atoms with Gasteiger partial charge in [0.2, 0.25) is 0 Å². The Morgan fingerprint density at radius 1 is 0.764 bits per heavy atom. The van der Waals surface area contributed by atoms with E-state index >= 15 is 0 Å². The fourth-order valence-corrected chi connectivity index (χ4v) is 6.06. The van der Waals surface area contributed by atoms with E-state index in [0.29, 0.717) is 11.1 Å². The average Bonchev–Trinajstić information content (AvgIpc) is 3.17. The molecule has 20 nitrogen and oxygen atoms in total. The third kappa shape index (κ3) is 10.2. The van der Waals surface area contributed by atoms with Crippen LogP contribution in [0.1, 0.15) is 11.1 Å². The van der Waals surface area contributed by atoms with E-state index in [1.165, 1.54) is 43.5 Å². The molecule has 0 aliphatic carbocycles. The maximum Gasteiger partial charge on any atom is 0.330 e. The van der Waals surface area contributed by atoms with Crippen molar-refractivity contribution in [3.8, 4) is 23.0 Å². The van der Waals surface area contributed by atoms with E-state index in [9.17, 15) is 61.0 Å². The van der Waals surface area contributed by atoms with Gasteiger partial charge in [-0.3, -0.25) is 0 Å². The van der Waals surface area contributed by atoms with Gasteiger partial charge in [0.15, 0.2) is 41.9 Å². The second-order valence-electron chi connectivity index (χ2n) is 13.0. The lowest BCUT2D eigenvalue weighted by Gasteiger charge is -2.48. The van der Waals surface area contributed by atoms with Gasteiger partial charge in [-0.15, -0.1) is 0 Å². The highest BCUT2D eigenvalue weighted by molar-refractivity contribution is 5.87. The Morgan fingerprint density at radius 2 is 1.47 bits per heavy atom. The van der Waals surface area contributed by atoms with Gasteiger partial charge < -0.3 is 94.1 Å². The standard InChI is InChI=1S/C35H46O20/c1-48-21-6-3-16(11-19(21)39)8-9-49-35-32(55-33-29(46)25(42)20(40)13-51-33)31(54-34-30(47)28(45)26(43)22(12-36)52-34)27(44)23(53-35)14-50-24(41)7-4-15-2-5-17(37)18(38)10-15/h2-7,10-11,20,22-23,25-40,42-47H,8-9,12-14H2,1H3/b7-4+/t20-,22-,23-,25-,26-,27-,28+,29+,30-,31+,32-,33-,34+,35-/m1/s1. The van der Waals surface area contributed by atoms with Crippen LogP contribution >= 0.6 is 0 Å². The van der Waals surface area contributed by atoms with Crippen molar-refractivity contribution in [3.63, 3.8) is 0 Å². The minimum atomic E-state index is -1.95. The molecule has 0 unspecified atom stereocenters. The van der Waals surface area contributed by atoms with Crippen molar-refractivity contribution in [1.82, 2.24) is 0 Å². The van der Waals surface area contributed by atoms with Gasteiger partial charge in [-0.25, -0.2) is 4.79 Å². The number of aliphatic hydroxyl groups is 8. The topological polar surface area (TPSA) is 313 Å². The van der Waals surface area contributed by atoms with Crippen LogP contribution in [0.3, 0.4) is 0 Å². The zero-order chi connectivity index (χ0) is 40.0. The first kappa shape index (κ1) is 42.4. The number of aliphatic hydroxyl groups excluding tert-OH is 8. The van der Waals surface area contributed by atoms with Gasteiger partial charge in [0.1, 0.15) is 73.8 Å². The molecule has 0 saturated carbocycles. The molecule has 3 fully saturated rings. The summed E-state index contributed by atoms with van der Waals surface area (Å²) in [6, 6.07) is 8.42. The van der Waals surface area contributed by atoms with Crippen LogP contribution in [0, 0.1) is 0 Å². The molecule has 55 heavy (non-hydrogen) atoms. The molecule has 2 aromatic carbocycles. The Morgan fingerprint density at radius 3 is 2.16 bits per heavy atom. The number of phenols is 3. The number of hydrogen-bond donors (Lipinski definition) is 11. The number of carbonyl (C=O) groups excluding carboxylic acids is 1. The van der Waals surface area contributed by atoms with Crippen LogP contribution < -0.4 is 4.74 Å². The largest absolute Gasteiger partial charge is 0.504 e. The Labute approximate surface area is 313 Å². The molecule has 3 aliphatic heterocycles. The van der Waals surface area contributed by atoms with Gasteiger partial charge in [-0.2, -0.15) is 0 Å². The molecular weight excluding hydrogens is 740 g/mol. The second-order valence-corrected chi connectivity index (χ2v) is 13.0. The van der Waals surface area contributed by atoms with Crippen molar-refractivity contribution in [3.05, 3.63) is 53.6 Å². The van der Waals surface area contributed by atoms with Gasteiger partial charge in [-0.1, -0.05) is 12.1 Å². The minimum absolute atomic E-state index is 0.145. The van der Waals surface area contributed by atoms with Gasteiger partial charge in [-0.05, 0) is 47.9 Å². The highest BCUT2D eigenvalue weighted by Crippen LogP contribution is 2.34. The van der Waals surface area contributed by atoms with Crippen LogP contribution in [-0.4, -0.2) is 182 Å². The Kier molecular flexibility index (Phi) is 14.6. The summed E-state index contributed by atoms with van der Waals surface area (Å²) < 4.78 is 45.3. The van der Waals surface area contributed by atoms with Crippen molar-refractivity contribution in [1.29, 1.82) is 0 Å². The zero-order valence-corrected chi connectivity index (χ0v) is 29.3. The summed E-state index contributed by atoms with van der Waals surface area (Å²) in [5.41, 5.74) is 0.917. The maximum atomic E-state index is 12.7. The number of ether oxygens (including phenoxy) is 8. The predicted molar refractivity (Wildman–Crippen MR) is 180 cm³/mol. The van der Waals surface area contributed by atoms with Gasteiger partial charge in [0.25, 0.3) is 0 Å². The monoisotopic (exact) mass is 786 g/mol. The number of benzene rings is 2. The number of hydrogen-bond acceptors (Lipinski definition) is 20. The van der Waals surface area contributed by atoms with Crippen LogP contribution in [0.2, 0.25) is 0 Å². The third-order valence-corrected chi connectivity index (χ3v) is 9.22. The normalized spacial score (nSPS) is 35.4. The molecule has 0 aromatic heterocycles. The summed E-state index contributed by atoms with van der Waals surface area (Å²) in [7, 11) is 1.38. The number of rotatable bonds is 14. The summed E-state index contributed by atoms with van der Waals surface area (Å²) in [6.45, 7) is -2.12. The van der Waals surface area contributed by atoms with E-state index in [1.807, 2.05) is 0 Å². The molecule has 0 amide bonds. The van der Waals surface area contributed by atoms with Crippen LogP contribution in [0.15, 0.2) is 42.5 Å². The molecule has 11 N–H and O–H groups in total. The van der Waals surface area contributed by atoms with Crippen LogP contribution in [-0.2, 0) is 44.4 Å². The summed E-state index contributed by atoms with van der Waals surface area (Å²) in [4.78, 5) is 12.7. The Bertz CT molecular complexity index is 1590. The second kappa shape index (κ2) is 19.0. The molecule has 0 radical (unpaired) electrons. The van der Waals surface area contributed by atoms with Gasteiger partial charge >= 0.3 is 5.97 Å². The van der Waals surface area contributed by atoms with Crippen molar-refractivity contribution < 1.29 is 98.9 Å². The van der Waals surface area contributed by atoms with Crippen molar-refractivity contribution >= 4 is 12.0 Å². The number of aromatic hydroxyl groups is 3. The SMILES string of the molecule is COc1ccc(CCO[C@@H]2O[C@H](COC(=O)/C=C/c3ccc(O)c(O)c3)[C@@H](O)[C@H](O[C@@H]3O[C@H](CO)[C@@H](O)[C@H](O)[C@H]3O)[C@H]2O[C@H]2OC[C@@H](O)[C@@H](O)[C@@H]2O)cc1O. The summed E-state index contributed by atoms with van der Waals surface area (Å²) in [5.74, 6) is -1.65. The lowest BCUT2D eigenvalue weighted by molar-refractivity contribution is -0.386. The van der Waals surface area contributed by atoms with Crippen molar-refractivity contribution in [2.24, 2.45) is 0 Å². The molecule has 20 heteroatoms. The fraction of sp³-hybridized carbons (Fsp3) is 0.571. The Balaban J connectivity index is 1.41. The van der Waals surface area contributed by atoms with Crippen LogP contribution in [0.4, 0.5) is 0 Å². The molecule has 3 saturated heterocycles. The molecule has 0 spiro atoms. The van der Waals surface area contributed by atoms with Gasteiger partial charge in [0, 0.05) is 6.08 Å². The zero-order valence-electron chi connectivity index (χ0n) is 29.3. The van der Waals surface area contributed by atoms with Crippen LogP contribution in [0.5, 0.6) is 23.0 Å². The van der Waals surface area contributed by atoms with E-state index in [4.69, 9.17) is 37.9 Å². The number of carbonyl (C=O) groups is 1. The summed E-state index contributed by atoms with van der Waals surface area (Å²) in [5, 5.41) is 113. The van der Waals surface area contributed by atoms with Crippen molar-refractivity contribution in [2.75, 3.05) is 33.5 Å². The number of methoxy groups -OCH3 is 1. The van der Waals surface area contributed by atoms with Crippen molar-refractivity contribution in [2.45, 2.75) is 92.4 Å². The summed E-state index contributed by atoms with van der Waals surface area (Å²) in [6.07, 6.45) is -21.5. The van der Waals surface area contributed by atoms with E-state index in [2.05, 4.69) is 0 Å². The van der Waals surface area contributed by atoms with E-state index < -0.39 is 118 Å². The predicted octanol–water partition coefficient (Wildman–Crippen LogP) is -3.28. The minimum Gasteiger partial charge on any atom is -0.504 e. The Hall–Kier alpha value is -3.71. The molecule has 14 atom stereocenters. The smallest absolute Gasteiger partial charge is 0.330 e. The van der Waals surface area contributed by atoms with E-state index in [-0.39, 0.29) is 30.3 Å². The molecular formula is C35H46O20. The first-order valence-electron chi connectivity index (χ1n) is 17.2. The highest BCUT2D eigenvalue weighted by atomic mass is 16.8. The molecule has 5 rings (SSSR count). The van der Waals surface area contributed by atoms with Gasteiger partial charge in [0.05, 0.1) is 26.9 Å².